The maximum atomic E-state index is 13.2. The molecule has 0 heterocycles. The van der Waals surface area contributed by atoms with Crippen molar-refractivity contribution in [3.63, 3.8) is 0 Å². The molecule has 0 aliphatic rings. The average Bonchev–Trinajstić information content (AvgIpc) is 2.15. The number of rotatable bonds is 2. The van der Waals surface area contributed by atoms with E-state index in [1.54, 1.807) is 0 Å². The summed E-state index contributed by atoms with van der Waals surface area (Å²) in [6.45, 7) is 0. The molecule has 0 unspecified atom stereocenters. The summed E-state index contributed by atoms with van der Waals surface area (Å²) in [6, 6.07) is -0.247. The van der Waals surface area contributed by atoms with E-state index in [9.17, 15) is 26.3 Å². The molecule has 17 heavy (non-hydrogen) atoms. The molecule has 0 aliphatic carbocycles. The van der Waals surface area contributed by atoms with Gasteiger partial charge in [-0.3, -0.25) is 0 Å². The Morgan fingerprint density at radius 2 is 1.53 bits per heavy atom. The van der Waals surface area contributed by atoms with Gasteiger partial charge in [0.25, 0.3) is 6.43 Å². The molecule has 0 bridgehead atoms. The van der Waals surface area contributed by atoms with Gasteiger partial charge in [-0.25, -0.2) is 13.2 Å². The first-order valence-corrected chi connectivity index (χ1v) is 4.14. The van der Waals surface area contributed by atoms with E-state index >= 15 is 0 Å². The van der Waals surface area contributed by atoms with E-state index in [4.69, 9.17) is 5.73 Å². The summed E-state index contributed by atoms with van der Waals surface area (Å²) in [7, 11) is 0. The molecule has 2 N–H and O–H groups in total. The lowest BCUT2D eigenvalue weighted by atomic mass is 10.0. The molecule has 0 saturated carbocycles. The van der Waals surface area contributed by atoms with Gasteiger partial charge in [0, 0.05) is 5.56 Å². The van der Waals surface area contributed by atoms with Gasteiger partial charge in [-0.05, 0) is 0 Å². The molecule has 0 spiro atoms. The summed E-state index contributed by atoms with van der Waals surface area (Å²) in [5.41, 5.74) is 2.66. The maximum absolute atomic E-state index is 13.2. The fraction of sp³-hybridized carbons (Fsp3) is 0.333. The summed E-state index contributed by atoms with van der Waals surface area (Å²) in [6.07, 6.45) is -8.05. The molecule has 1 aromatic rings. The van der Waals surface area contributed by atoms with Gasteiger partial charge in [-0.15, -0.1) is 12.4 Å². The average molecular weight is 280 g/mol. The minimum Gasteiger partial charge on any atom is -0.316 e. The fourth-order valence-electron chi connectivity index (χ4n) is 1.15. The van der Waals surface area contributed by atoms with Gasteiger partial charge in [0.05, 0.1) is 5.56 Å². The van der Waals surface area contributed by atoms with Crippen LogP contribution in [0.1, 0.15) is 23.6 Å². The van der Waals surface area contributed by atoms with Crippen LogP contribution in [0.25, 0.3) is 0 Å². The highest BCUT2D eigenvalue weighted by molar-refractivity contribution is 5.85. The lowest BCUT2D eigenvalue weighted by molar-refractivity contribution is -0.149. The predicted octanol–water partition coefficient (Wildman–Crippen LogP) is 3.75. The van der Waals surface area contributed by atoms with Crippen LogP contribution in [-0.2, 0) is 0 Å². The van der Waals surface area contributed by atoms with Crippen molar-refractivity contribution in [2.24, 2.45) is 5.73 Å². The van der Waals surface area contributed by atoms with Gasteiger partial charge in [-0.1, -0.05) is 18.2 Å². The summed E-state index contributed by atoms with van der Waals surface area (Å²) >= 11 is 0. The van der Waals surface area contributed by atoms with Gasteiger partial charge in [-0.2, -0.15) is 13.2 Å². The number of hydrogen-bond acceptors (Lipinski definition) is 1. The summed E-state index contributed by atoms with van der Waals surface area (Å²) in [5.74, 6) is -1.61. The first kappa shape index (κ1) is 16.1. The zero-order chi connectivity index (χ0) is 12.5. The van der Waals surface area contributed by atoms with E-state index in [-0.39, 0.29) is 12.4 Å². The van der Waals surface area contributed by atoms with Gasteiger partial charge in [0.15, 0.2) is 0 Å². The Labute approximate surface area is 99.0 Å². The van der Waals surface area contributed by atoms with Crippen molar-refractivity contribution >= 4 is 12.4 Å². The third kappa shape index (κ3) is 3.50. The van der Waals surface area contributed by atoms with Crippen molar-refractivity contribution in [2.75, 3.05) is 0 Å². The summed E-state index contributed by atoms with van der Waals surface area (Å²) in [4.78, 5) is 0. The molecule has 0 aliphatic heterocycles. The summed E-state index contributed by atoms with van der Waals surface area (Å²) < 4.78 is 74.2. The van der Waals surface area contributed by atoms with Crippen LogP contribution in [-0.4, -0.2) is 6.18 Å². The standard InChI is InChI=1S/C9H7F6N.ClH/c10-6-4(7(16)9(13,14)15)2-1-3-5(6)8(11)12;/h1-3,7-8H,16H2;1H/t7-;/m0./s1. The topological polar surface area (TPSA) is 26.0 Å². The van der Waals surface area contributed by atoms with Crippen LogP contribution in [0.2, 0.25) is 0 Å². The molecule has 1 rings (SSSR count). The van der Waals surface area contributed by atoms with Crippen molar-refractivity contribution in [1.82, 2.24) is 0 Å². The Bertz CT molecular complexity index is 378. The Kier molecular flexibility index (Phi) is 5.28. The highest BCUT2D eigenvalue weighted by Crippen LogP contribution is 2.34. The highest BCUT2D eigenvalue weighted by Gasteiger charge is 2.40. The Morgan fingerprint density at radius 1 is 1.06 bits per heavy atom. The Morgan fingerprint density at radius 3 is 1.94 bits per heavy atom. The van der Waals surface area contributed by atoms with E-state index in [0.29, 0.717) is 6.07 Å². The molecular weight excluding hydrogens is 272 g/mol. The second-order valence-electron chi connectivity index (χ2n) is 3.07. The Balaban J connectivity index is 0.00000256. The van der Waals surface area contributed by atoms with E-state index in [2.05, 4.69) is 0 Å². The van der Waals surface area contributed by atoms with Crippen molar-refractivity contribution in [3.05, 3.63) is 35.1 Å². The van der Waals surface area contributed by atoms with Crippen LogP contribution >= 0.6 is 12.4 Å². The van der Waals surface area contributed by atoms with Crippen LogP contribution < -0.4 is 5.73 Å². The second kappa shape index (κ2) is 5.59. The fourth-order valence-corrected chi connectivity index (χ4v) is 1.15. The molecule has 0 aromatic heterocycles. The van der Waals surface area contributed by atoms with Gasteiger partial charge < -0.3 is 5.73 Å². The minimum atomic E-state index is -4.87. The van der Waals surface area contributed by atoms with E-state index in [1.165, 1.54) is 0 Å². The minimum absolute atomic E-state index is 0. The largest absolute Gasteiger partial charge is 0.407 e. The zero-order valence-corrected chi connectivity index (χ0v) is 8.96. The van der Waals surface area contributed by atoms with E-state index in [0.717, 1.165) is 12.1 Å². The number of halogens is 7. The quantitative estimate of drug-likeness (QED) is 0.820. The first-order valence-electron chi connectivity index (χ1n) is 4.14. The van der Waals surface area contributed by atoms with Crippen molar-refractivity contribution in [3.8, 4) is 0 Å². The van der Waals surface area contributed by atoms with Crippen molar-refractivity contribution in [2.45, 2.75) is 18.6 Å². The van der Waals surface area contributed by atoms with E-state index in [1.807, 2.05) is 0 Å². The predicted molar refractivity (Wildman–Crippen MR) is 51.6 cm³/mol. The molecule has 0 radical (unpaired) electrons. The molecule has 98 valence electrons. The third-order valence-electron chi connectivity index (χ3n) is 1.98. The molecule has 8 heteroatoms. The van der Waals surface area contributed by atoms with Crippen LogP contribution in [0.4, 0.5) is 26.3 Å². The number of nitrogens with two attached hydrogens (primary N) is 1. The highest BCUT2D eigenvalue weighted by atomic mass is 35.5. The van der Waals surface area contributed by atoms with Crippen LogP contribution in [0.5, 0.6) is 0 Å². The third-order valence-corrected chi connectivity index (χ3v) is 1.98. The monoisotopic (exact) mass is 279 g/mol. The lowest BCUT2D eigenvalue weighted by Gasteiger charge is -2.17. The van der Waals surface area contributed by atoms with Crippen LogP contribution in [0, 0.1) is 5.82 Å². The molecule has 1 atom stereocenters. The summed E-state index contributed by atoms with van der Waals surface area (Å²) in [5, 5.41) is 0. The molecule has 1 nitrogen and oxygen atoms in total. The lowest BCUT2D eigenvalue weighted by Crippen LogP contribution is -2.29. The Hall–Kier alpha value is -0.950. The molecule has 0 saturated heterocycles. The number of benzene rings is 1. The molecule has 0 fully saturated rings. The molecular formula is C9H8ClF6N. The van der Waals surface area contributed by atoms with E-state index < -0.39 is 35.6 Å². The van der Waals surface area contributed by atoms with Crippen LogP contribution in [0.3, 0.4) is 0 Å². The maximum Gasteiger partial charge on any atom is 0.407 e. The van der Waals surface area contributed by atoms with Gasteiger partial charge in [0.2, 0.25) is 0 Å². The van der Waals surface area contributed by atoms with Gasteiger partial charge >= 0.3 is 6.18 Å². The molecule has 1 aromatic carbocycles. The second-order valence-corrected chi connectivity index (χ2v) is 3.07. The zero-order valence-electron chi connectivity index (χ0n) is 8.14. The van der Waals surface area contributed by atoms with Crippen molar-refractivity contribution in [1.29, 1.82) is 0 Å². The SMILES string of the molecule is Cl.N[C@@H](c1cccc(C(F)F)c1F)C(F)(F)F. The molecule has 0 amide bonds. The number of alkyl halides is 5. The smallest absolute Gasteiger partial charge is 0.316 e. The first-order chi connectivity index (χ1) is 7.25. The normalized spacial score (nSPS) is 13.4. The van der Waals surface area contributed by atoms with Crippen molar-refractivity contribution < 1.29 is 26.3 Å². The van der Waals surface area contributed by atoms with Gasteiger partial charge in [0.1, 0.15) is 11.9 Å². The van der Waals surface area contributed by atoms with Crippen LogP contribution in [0.15, 0.2) is 18.2 Å². The number of hydrogen-bond donors (Lipinski definition) is 1.